The maximum atomic E-state index is 12.9. The first kappa shape index (κ1) is 79.2. The molecule has 0 aliphatic heterocycles. The molecule has 1 N–H and O–H groups in total. The van der Waals surface area contributed by atoms with Crippen molar-refractivity contribution in [2.45, 2.75) is 315 Å². The second-order valence-corrected chi connectivity index (χ2v) is 25.6. The summed E-state index contributed by atoms with van der Waals surface area (Å²) in [4.78, 5) is 35.8. The standard InChI is InChI=1S/C72H130NO8P/c1-6-8-10-12-14-16-18-20-22-24-26-28-29-30-31-32-33-34-35-36-37-38-39-40-41-42-43-45-47-49-51-53-55-57-59-61-63-65-72(75)81-70(69-80-82(76,77)79-67-66-73(3,4)5)68-78-71(74)64-62-60-58-56-54-52-50-48-46-44-27-25-23-21-19-17-15-13-11-9-7-2/h8,10,14,16,20,22,25-28,30-31,33-34,70H,6-7,9,11-13,15,17-19,21,23-24,29,32,35-69H2,1-5H3/p+1/b10-8-,16-14-,22-20-,27-25-,28-26-,31-30-,34-33-. The molecule has 0 aromatic carbocycles. The predicted molar refractivity (Wildman–Crippen MR) is 353 cm³/mol. The fourth-order valence-electron chi connectivity index (χ4n) is 9.66. The van der Waals surface area contributed by atoms with E-state index in [1.165, 1.54) is 205 Å². The van der Waals surface area contributed by atoms with Crippen LogP contribution in [0.1, 0.15) is 309 Å². The van der Waals surface area contributed by atoms with Crippen molar-refractivity contribution in [1.82, 2.24) is 0 Å². The van der Waals surface area contributed by atoms with Crippen LogP contribution in [-0.2, 0) is 32.7 Å². The Morgan fingerprint density at radius 3 is 1.05 bits per heavy atom. The van der Waals surface area contributed by atoms with Crippen molar-refractivity contribution in [1.29, 1.82) is 0 Å². The largest absolute Gasteiger partial charge is 0.472 e. The average molecular weight is 1170 g/mol. The first-order valence-electron chi connectivity index (χ1n) is 34.3. The van der Waals surface area contributed by atoms with E-state index in [1.54, 1.807) is 0 Å². The van der Waals surface area contributed by atoms with Gasteiger partial charge in [-0.25, -0.2) is 4.57 Å². The summed E-state index contributed by atoms with van der Waals surface area (Å²) in [6.07, 6.45) is 85.4. The second-order valence-electron chi connectivity index (χ2n) is 24.2. The van der Waals surface area contributed by atoms with Crippen molar-refractivity contribution in [3.63, 3.8) is 0 Å². The van der Waals surface area contributed by atoms with E-state index in [9.17, 15) is 19.0 Å². The predicted octanol–water partition coefficient (Wildman–Crippen LogP) is 22.2. The normalized spacial score (nSPS) is 13.7. The third-order valence-corrected chi connectivity index (χ3v) is 15.9. The highest BCUT2D eigenvalue weighted by molar-refractivity contribution is 7.47. The third-order valence-electron chi connectivity index (χ3n) is 14.9. The summed E-state index contributed by atoms with van der Waals surface area (Å²) >= 11 is 0. The molecule has 0 bridgehead atoms. The van der Waals surface area contributed by atoms with Crippen molar-refractivity contribution in [3.05, 3.63) is 85.1 Å². The summed E-state index contributed by atoms with van der Waals surface area (Å²) < 4.78 is 34.7. The van der Waals surface area contributed by atoms with Crippen LogP contribution >= 0.6 is 7.82 Å². The van der Waals surface area contributed by atoms with Crippen LogP contribution in [0.2, 0.25) is 0 Å². The topological polar surface area (TPSA) is 108 Å². The minimum Gasteiger partial charge on any atom is -0.462 e. The van der Waals surface area contributed by atoms with Crippen LogP contribution in [0.3, 0.4) is 0 Å². The van der Waals surface area contributed by atoms with Crippen LogP contribution in [0.4, 0.5) is 0 Å². The molecule has 10 heteroatoms. The van der Waals surface area contributed by atoms with Crippen molar-refractivity contribution in [2.24, 2.45) is 0 Å². The lowest BCUT2D eigenvalue weighted by molar-refractivity contribution is -0.870. The van der Waals surface area contributed by atoms with Crippen molar-refractivity contribution >= 4 is 19.8 Å². The zero-order chi connectivity index (χ0) is 59.8. The first-order chi connectivity index (χ1) is 40.0. The minimum atomic E-state index is -4.39. The molecule has 0 rings (SSSR count). The fourth-order valence-corrected chi connectivity index (χ4v) is 10.4. The van der Waals surface area contributed by atoms with Gasteiger partial charge in [0, 0.05) is 12.8 Å². The first-order valence-corrected chi connectivity index (χ1v) is 35.8. The number of rotatable bonds is 63. The van der Waals surface area contributed by atoms with Gasteiger partial charge in [-0.15, -0.1) is 0 Å². The Bertz CT molecular complexity index is 1660. The quantitative estimate of drug-likeness (QED) is 0.0211. The molecule has 9 nitrogen and oxygen atoms in total. The van der Waals surface area contributed by atoms with Crippen LogP contribution in [0.25, 0.3) is 0 Å². The monoisotopic (exact) mass is 1170 g/mol. The summed E-state index contributed by atoms with van der Waals surface area (Å²) in [5.41, 5.74) is 0. The molecule has 0 heterocycles. The molecule has 0 aromatic rings. The molecule has 0 aliphatic rings. The summed E-state index contributed by atoms with van der Waals surface area (Å²) in [6, 6.07) is 0. The Morgan fingerprint density at radius 1 is 0.390 bits per heavy atom. The Hall–Kier alpha value is -2.81. The van der Waals surface area contributed by atoms with Gasteiger partial charge in [-0.2, -0.15) is 0 Å². The summed E-state index contributed by atoms with van der Waals surface area (Å²) in [5, 5.41) is 0. The maximum Gasteiger partial charge on any atom is 0.472 e. The molecule has 0 spiro atoms. The number of unbranched alkanes of at least 4 members (excludes halogenated alkanes) is 35. The van der Waals surface area contributed by atoms with Gasteiger partial charge in [-0.1, -0.05) is 292 Å². The zero-order valence-corrected chi connectivity index (χ0v) is 55.1. The fraction of sp³-hybridized carbons (Fsp3) is 0.778. The van der Waals surface area contributed by atoms with E-state index >= 15 is 0 Å². The van der Waals surface area contributed by atoms with Gasteiger partial charge >= 0.3 is 19.8 Å². The lowest BCUT2D eigenvalue weighted by atomic mass is 10.0. The van der Waals surface area contributed by atoms with E-state index in [1.807, 2.05) is 21.1 Å². The molecule has 2 unspecified atom stereocenters. The van der Waals surface area contributed by atoms with Gasteiger partial charge in [-0.3, -0.25) is 18.6 Å². The van der Waals surface area contributed by atoms with Gasteiger partial charge in [-0.05, 0) is 89.9 Å². The number of hydrogen-bond donors (Lipinski definition) is 1. The molecule has 0 radical (unpaired) electrons. The number of phosphoric acid groups is 1. The number of carbonyl (C=O) groups is 2. The number of nitrogens with zero attached hydrogens (tertiary/aromatic N) is 1. The van der Waals surface area contributed by atoms with Crippen LogP contribution in [-0.4, -0.2) is 74.9 Å². The van der Waals surface area contributed by atoms with E-state index in [0.29, 0.717) is 17.4 Å². The van der Waals surface area contributed by atoms with Crippen molar-refractivity contribution in [3.8, 4) is 0 Å². The molecule has 0 aliphatic carbocycles. The molecular formula is C72H131NO8P+. The van der Waals surface area contributed by atoms with E-state index in [4.69, 9.17) is 18.5 Å². The SMILES string of the molecule is CC/C=C\C/C=C\C/C=C\C/C=C\C/C=C\C/C=C\CCCCCCCCCCCCCCCCCCCCC(=O)OC(COC(=O)CCCCCCCCCCC/C=C\CCCCCCCCCC)COP(=O)(O)OCC[N+](C)(C)C. The van der Waals surface area contributed by atoms with E-state index < -0.39 is 26.5 Å². The van der Waals surface area contributed by atoms with E-state index in [0.717, 1.165) is 70.6 Å². The Balaban J connectivity index is 4.01. The van der Waals surface area contributed by atoms with Gasteiger partial charge in [0.25, 0.3) is 0 Å². The minimum absolute atomic E-state index is 0.0309. The molecular weight excluding hydrogens is 1040 g/mol. The number of carbonyl (C=O) groups excluding carboxylic acids is 2. The lowest BCUT2D eigenvalue weighted by Gasteiger charge is -2.24. The molecule has 0 amide bonds. The molecule has 2 atom stereocenters. The molecule has 476 valence electrons. The summed E-state index contributed by atoms with van der Waals surface area (Å²) in [5.74, 6) is -0.788. The van der Waals surface area contributed by atoms with Crippen LogP contribution in [0.15, 0.2) is 85.1 Å². The third kappa shape index (κ3) is 66.3. The highest BCUT2D eigenvalue weighted by Gasteiger charge is 2.27. The van der Waals surface area contributed by atoms with Gasteiger partial charge in [0.15, 0.2) is 6.10 Å². The van der Waals surface area contributed by atoms with Gasteiger partial charge in [0.2, 0.25) is 0 Å². The van der Waals surface area contributed by atoms with E-state index in [2.05, 4.69) is 98.9 Å². The van der Waals surface area contributed by atoms with Crippen molar-refractivity contribution in [2.75, 3.05) is 47.5 Å². The highest BCUT2D eigenvalue weighted by atomic mass is 31.2. The number of ether oxygens (including phenoxy) is 2. The second kappa shape index (κ2) is 62.7. The maximum absolute atomic E-state index is 12.9. The average Bonchev–Trinajstić information content (AvgIpc) is 3.46. The van der Waals surface area contributed by atoms with Crippen LogP contribution in [0.5, 0.6) is 0 Å². The van der Waals surface area contributed by atoms with Crippen LogP contribution in [0, 0.1) is 0 Å². The highest BCUT2D eigenvalue weighted by Crippen LogP contribution is 2.43. The van der Waals surface area contributed by atoms with Gasteiger partial charge < -0.3 is 18.9 Å². The smallest absolute Gasteiger partial charge is 0.462 e. The molecule has 82 heavy (non-hydrogen) atoms. The number of phosphoric ester groups is 1. The summed E-state index contributed by atoms with van der Waals surface area (Å²) in [7, 11) is 1.48. The Morgan fingerprint density at radius 2 is 0.695 bits per heavy atom. The molecule has 0 saturated heterocycles. The number of likely N-dealkylation sites (N-methyl/N-ethyl adjacent to an activating group) is 1. The summed E-state index contributed by atoms with van der Waals surface area (Å²) in [6.45, 7) is 4.35. The van der Waals surface area contributed by atoms with Crippen LogP contribution < -0.4 is 0 Å². The van der Waals surface area contributed by atoms with Crippen molar-refractivity contribution < 1.29 is 42.1 Å². The number of esters is 2. The number of quaternary nitrogens is 1. The van der Waals surface area contributed by atoms with E-state index in [-0.39, 0.29) is 32.0 Å². The van der Waals surface area contributed by atoms with Gasteiger partial charge in [0.1, 0.15) is 19.8 Å². The zero-order valence-electron chi connectivity index (χ0n) is 54.2. The number of allylic oxidation sites excluding steroid dienone is 14. The Kier molecular flexibility index (Phi) is 60.6. The molecule has 0 saturated carbocycles. The number of hydrogen-bond acceptors (Lipinski definition) is 7. The Labute approximate surface area is 507 Å². The molecule has 0 aromatic heterocycles. The lowest BCUT2D eigenvalue weighted by Crippen LogP contribution is -2.37. The molecule has 0 fully saturated rings. The van der Waals surface area contributed by atoms with Gasteiger partial charge in [0.05, 0.1) is 27.7 Å².